The Labute approximate surface area is 98.3 Å². The Balaban J connectivity index is 1.57. The van der Waals surface area contributed by atoms with E-state index >= 15 is 0 Å². The monoisotopic (exact) mass is 246 g/mol. The number of rotatable bonds is 6. The zero-order valence-electron chi connectivity index (χ0n) is 9.98. The molecule has 2 rings (SSSR count). The lowest BCUT2D eigenvalue weighted by Crippen LogP contribution is -2.30. The molecule has 0 radical (unpaired) electrons. The second-order valence-corrected chi connectivity index (χ2v) is 7.47. The number of sulfone groups is 1. The van der Waals surface area contributed by atoms with E-state index in [9.17, 15) is 8.42 Å². The van der Waals surface area contributed by atoms with Gasteiger partial charge in [-0.25, -0.2) is 8.42 Å². The zero-order chi connectivity index (χ0) is 11.6. The van der Waals surface area contributed by atoms with Gasteiger partial charge in [-0.3, -0.25) is 0 Å². The van der Waals surface area contributed by atoms with E-state index in [-0.39, 0.29) is 5.75 Å². The van der Waals surface area contributed by atoms with Gasteiger partial charge in [-0.15, -0.1) is 0 Å². The van der Waals surface area contributed by atoms with E-state index in [4.69, 9.17) is 0 Å². The molecule has 0 amide bonds. The maximum atomic E-state index is 10.9. The van der Waals surface area contributed by atoms with Crippen molar-refractivity contribution in [1.82, 2.24) is 10.2 Å². The van der Waals surface area contributed by atoms with Gasteiger partial charge in [-0.1, -0.05) is 0 Å². The quantitative estimate of drug-likeness (QED) is 0.676. The van der Waals surface area contributed by atoms with Gasteiger partial charge >= 0.3 is 0 Å². The van der Waals surface area contributed by atoms with Crippen molar-refractivity contribution in [3.8, 4) is 0 Å². The fourth-order valence-electron chi connectivity index (χ4n) is 2.36. The minimum absolute atomic E-state index is 0.256. The summed E-state index contributed by atoms with van der Waals surface area (Å²) in [4.78, 5) is 2.59. The van der Waals surface area contributed by atoms with Crippen LogP contribution in [0, 0.1) is 5.92 Å². The summed E-state index contributed by atoms with van der Waals surface area (Å²) in [6.07, 6.45) is 5.32. The highest BCUT2D eigenvalue weighted by molar-refractivity contribution is 7.90. The van der Waals surface area contributed by atoms with Crippen LogP contribution in [0.2, 0.25) is 0 Å². The van der Waals surface area contributed by atoms with Crippen LogP contribution < -0.4 is 5.32 Å². The Bertz CT molecular complexity index is 325. The lowest BCUT2D eigenvalue weighted by molar-refractivity contribution is 0.312. The maximum Gasteiger partial charge on any atom is 0.148 e. The predicted octanol–water partition coefficient (Wildman–Crippen LogP) is 0.105. The smallest absolute Gasteiger partial charge is 0.148 e. The van der Waals surface area contributed by atoms with Crippen molar-refractivity contribution in [2.75, 3.05) is 38.2 Å². The van der Waals surface area contributed by atoms with Crippen LogP contribution in [0.1, 0.15) is 19.3 Å². The average Bonchev–Trinajstić information content (AvgIpc) is 2.93. The highest BCUT2D eigenvalue weighted by atomic mass is 32.2. The summed E-state index contributed by atoms with van der Waals surface area (Å²) in [5, 5.41) is 3.26. The molecule has 1 aliphatic heterocycles. The summed E-state index contributed by atoms with van der Waals surface area (Å²) in [5.74, 6) is 0.978. The van der Waals surface area contributed by atoms with Crippen LogP contribution in [0.15, 0.2) is 0 Å². The molecule has 16 heavy (non-hydrogen) atoms. The lowest BCUT2D eigenvalue weighted by atomic mass is 10.1. The van der Waals surface area contributed by atoms with Gasteiger partial charge in [0.1, 0.15) is 9.84 Å². The fourth-order valence-corrected chi connectivity index (χ4v) is 2.88. The van der Waals surface area contributed by atoms with E-state index in [0.29, 0.717) is 6.54 Å². The van der Waals surface area contributed by atoms with Crippen LogP contribution in [-0.2, 0) is 9.84 Å². The molecule has 0 bridgehead atoms. The molecule has 94 valence electrons. The Kier molecular flexibility index (Phi) is 3.87. The molecule has 0 spiro atoms. The number of hydrogen-bond acceptors (Lipinski definition) is 4. The summed E-state index contributed by atoms with van der Waals surface area (Å²) in [6, 6.07) is 0.876. The Hall–Kier alpha value is -0.130. The van der Waals surface area contributed by atoms with Gasteiger partial charge < -0.3 is 10.2 Å². The Morgan fingerprint density at radius 2 is 2.06 bits per heavy atom. The Morgan fingerprint density at radius 1 is 1.31 bits per heavy atom. The van der Waals surface area contributed by atoms with Crippen molar-refractivity contribution < 1.29 is 8.42 Å². The van der Waals surface area contributed by atoms with Crippen molar-refractivity contribution in [1.29, 1.82) is 0 Å². The van der Waals surface area contributed by atoms with Crippen molar-refractivity contribution in [3.05, 3.63) is 0 Å². The third-order valence-corrected chi connectivity index (χ3v) is 4.41. The van der Waals surface area contributed by atoms with Gasteiger partial charge in [0.2, 0.25) is 0 Å². The average molecular weight is 246 g/mol. The maximum absolute atomic E-state index is 10.9. The van der Waals surface area contributed by atoms with Gasteiger partial charge in [0.25, 0.3) is 0 Å². The first-order valence-corrected chi connectivity index (χ1v) is 8.23. The normalized spacial score (nSPS) is 27.4. The predicted molar refractivity (Wildman–Crippen MR) is 65.3 cm³/mol. The molecule has 1 heterocycles. The molecule has 1 aliphatic carbocycles. The van der Waals surface area contributed by atoms with Crippen molar-refractivity contribution in [3.63, 3.8) is 0 Å². The summed E-state index contributed by atoms with van der Waals surface area (Å²) in [5.41, 5.74) is 0. The zero-order valence-corrected chi connectivity index (χ0v) is 10.8. The van der Waals surface area contributed by atoms with Crippen LogP contribution in [0.5, 0.6) is 0 Å². The highest BCUT2D eigenvalue weighted by Gasteiger charge is 2.33. The van der Waals surface area contributed by atoms with Crippen molar-refractivity contribution >= 4 is 9.84 Å². The molecule has 1 unspecified atom stereocenters. The molecule has 2 fully saturated rings. The number of hydrogen-bond donors (Lipinski definition) is 1. The van der Waals surface area contributed by atoms with Crippen LogP contribution in [0.3, 0.4) is 0 Å². The largest absolute Gasteiger partial charge is 0.315 e. The van der Waals surface area contributed by atoms with Crippen LogP contribution >= 0.6 is 0 Å². The SMILES string of the molecule is CS(=O)(=O)CCNCC1CCN(C2CC2)C1. The topological polar surface area (TPSA) is 49.4 Å². The summed E-state index contributed by atoms with van der Waals surface area (Å²) >= 11 is 0. The first kappa shape index (κ1) is 12.3. The molecule has 0 aromatic carbocycles. The van der Waals surface area contributed by atoms with E-state index in [1.807, 2.05) is 0 Å². The summed E-state index contributed by atoms with van der Waals surface area (Å²) < 4.78 is 21.9. The molecule has 0 aromatic rings. The number of likely N-dealkylation sites (tertiary alicyclic amines) is 1. The van der Waals surface area contributed by atoms with E-state index in [1.165, 1.54) is 38.6 Å². The van der Waals surface area contributed by atoms with Gasteiger partial charge in [-0.05, 0) is 38.3 Å². The molecule has 1 atom stereocenters. The third-order valence-electron chi connectivity index (χ3n) is 3.46. The minimum Gasteiger partial charge on any atom is -0.315 e. The van der Waals surface area contributed by atoms with Gasteiger partial charge in [0.15, 0.2) is 0 Å². The highest BCUT2D eigenvalue weighted by Crippen LogP contribution is 2.31. The van der Waals surface area contributed by atoms with Crippen LogP contribution in [-0.4, -0.2) is 57.5 Å². The number of nitrogens with one attached hydrogen (secondary N) is 1. The molecule has 1 N–H and O–H groups in total. The molecule has 5 heteroatoms. The van der Waals surface area contributed by atoms with E-state index in [1.54, 1.807) is 0 Å². The molecule has 1 saturated heterocycles. The fraction of sp³-hybridized carbons (Fsp3) is 1.00. The minimum atomic E-state index is -2.81. The second kappa shape index (κ2) is 5.02. The summed E-state index contributed by atoms with van der Waals surface area (Å²) in [7, 11) is -2.81. The lowest BCUT2D eigenvalue weighted by Gasteiger charge is -2.15. The van der Waals surface area contributed by atoms with Gasteiger partial charge in [-0.2, -0.15) is 0 Å². The standard InChI is InChI=1S/C11H22N2O2S/c1-16(14,15)7-5-12-8-10-4-6-13(9-10)11-2-3-11/h10-12H,2-9H2,1H3. The molecule has 0 aromatic heterocycles. The summed E-state index contributed by atoms with van der Waals surface area (Å²) in [6.45, 7) is 4.01. The van der Waals surface area contributed by atoms with E-state index in [0.717, 1.165) is 18.5 Å². The van der Waals surface area contributed by atoms with E-state index in [2.05, 4.69) is 10.2 Å². The molecule has 1 saturated carbocycles. The molecular weight excluding hydrogens is 224 g/mol. The van der Waals surface area contributed by atoms with Gasteiger partial charge in [0.05, 0.1) is 5.75 Å². The third kappa shape index (κ3) is 4.03. The first-order chi connectivity index (χ1) is 7.54. The second-order valence-electron chi connectivity index (χ2n) is 5.21. The van der Waals surface area contributed by atoms with E-state index < -0.39 is 9.84 Å². The molecular formula is C11H22N2O2S. The Morgan fingerprint density at radius 3 is 2.69 bits per heavy atom. The first-order valence-electron chi connectivity index (χ1n) is 6.17. The van der Waals surface area contributed by atoms with Crippen molar-refractivity contribution in [2.45, 2.75) is 25.3 Å². The molecule has 2 aliphatic rings. The van der Waals surface area contributed by atoms with Crippen LogP contribution in [0.4, 0.5) is 0 Å². The molecule has 4 nitrogen and oxygen atoms in total. The van der Waals surface area contributed by atoms with Crippen LogP contribution in [0.25, 0.3) is 0 Å². The van der Waals surface area contributed by atoms with Crippen molar-refractivity contribution in [2.24, 2.45) is 5.92 Å². The number of nitrogens with zero attached hydrogens (tertiary/aromatic N) is 1. The van der Waals surface area contributed by atoms with Gasteiger partial charge in [0, 0.05) is 25.4 Å².